The van der Waals surface area contributed by atoms with Gasteiger partial charge in [-0.1, -0.05) is 25.1 Å². The van der Waals surface area contributed by atoms with E-state index in [2.05, 4.69) is 27.4 Å². The molecule has 160 valence electrons. The molecule has 30 heavy (non-hydrogen) atoms. The quantitative estimate of drug-likeness (QED) is 0.575. The van der Waals surface area contributed by atoms with E-state index < -0.39 is 12.1 Å². The van der Waals surface area contributed by atoms with Crippen LogP contribution in [0, 0.1) is 0 Å². The van der Waals surface area contributed by atoms with Crippen LogP contribution in [-0.4, -0.2) is 70.9 Å². The molecule has 8 heteroatoms. The molecule has 0 saturated carbocycles. The summed E-state index contributed by atoms with van der Waals surface area (Å²) in [6.45, 7) is 5.05. The van der Waals surface area contributed by atoms with Gasteiger partial charge in [-0.3, -0.25) is 19.4 Å². The van der Waals surface area contributed by atoms with Crippen molar-refractivity contribution in [2.45, 2.75) is 44.7 Å². The third-order valence-electron chi connectivity index (χ3n) is 6.22. The summed E-state index contributed by atoms with van der Waals surface area (Å²) in [5.41, 5.74) is 2.09. The number of nitrogens with one attached hydrogen (secondary N) is 3. The van der Waals surface area contributed by atoms with E-state index in [1.807, 2.05) is 30.5 Å². The van der Waals surface area contributed by atoms with Crippen molar-refractivity contribution in [3.05, 3.63) is 36.0 Å². The lowest BCUT2D eigenvalue weighted by molar-refractivity contribution is -0.130. The molecule has 2 aromatic rings. The lowest BCUT2D eigenvalue weighted by Gasteiger charge is -2.23. The van der Waals surface area contributed by atoms with Gasteiger partial charge in [-0.15, -0.1) is 0 Å². The van der Waals surface area contributed by atoms with Gasteiger partial charge in [0.2, 0.25) is 5.91 Å². The van der Waals surface area contributed by atoms with Gasteiger partial charge in [0.05, 0.1) is 6.42 Å². The highest BCUT2D eigenvalue weighted by molar-refractivity contribution is 6.05. The Hall–Kier alpha value is -2.87. The molecule has 2 atom stereocenters. The van der Waals surface area contributed by atoms with E-state index in [0.717, 1.165) is 42.4 Å². The van der Waals surface area contributed by atoms with E-state index in [1.165, 1.54) is 4.90 Å². The molecule has 2 aliphatic heterocycles. The SMILES string of the molecule is CCN1CCC[C@@H]1CNC(=O)C[C@@H]1NC(=O)N(CCc2c[nH]c3ccccc23)C1=O. The molecule has 0 radical (unpaired) electrons. The van der Waals surface area contributed by atoms with Crippen molar-refractivity contribution in [1.82, 2.24) is 25.4 Å². The van der Waals surface area contributed by atoms with E-state index >= 15 is 0 Å². The number of benzene rings is 1. The standard InChI is InChI=1S/C22H29N5O3/c1-2-26-10-5-6-16(26)14-24-20(28)12-19-21(29)27(22(30)25-19)11-9-15-13-23-18-8-4-3-7-17(15)18/h3-4,7-8,13,16,19,23H,2,5-6,9-12,14H2,1H3,(H,24,28)(H,25,30)/t16-,19+/m1/s1. The topological polar surface area (TPSA) is 97.5 Å². The summed E-state index contributed by atoms with van der Waals surface area (Å²) < 4.78 is 0. The second-order valence-electron chi connectivity index (χ2n) is 8.03. The van der Waals surface area contributed by atoms with Gasteiger partial charge in [0.25, 0.3) is 5.91 Å². The Balaban J connectivity index is 1.28. The Morgan fingerprint density at radius 2 is 2.10 bits per heavy atom. The van der Waals surface area contributed by atoms with E-state index in [1.54, 1.807) is 0 Å². The number of fused-ring (bicyclic) bond motifs is 1. The highest BCUT2D eigenvalue weighted by Crippen LogP contribution is 2.20. The number of H-pyrrole nitrogens is 1. The maximum Gasteiger partial charge on any atom is 0.324 e. The van der Waals surface area contributed by atoms with Gasteiger partial charge in [-0.05, 0) is 44.0 Å². The number of carbonyl (C=O) groups is 3. The largest absolute Gasteiger partial charge is 0.361 e. The zero-order valence-corrected chi connectivity index (χ0v) is 17.3. The molecule has 2 fully saturated rings. The number of hydrogen-bond acceptors (Lipinski definition) is 4. The van der Waals surface area contributed by atoms with Crippen molar-refractivity contribution in [2.75, 3.05) is 26.2 Å². The van der Waals surface area contributed by atoms with E-state index in [4.69, 9.17) is 0 Å². The molecule has 4 rings (SSSR count). The van der Waals surface area contributed by atoms with Crippen molar-refractivity contribution in [1.29, 1.82) is 0 Å². The summed E-state index contributed by atoms with van der Waals surface area (Å²) in [5.74, 6) is -0.527. The molecule has 4 amide bonds. The molecule has 3 N–H and O–H groups in total. The predicted molar refractivity (Wildman–Crippen MR) is 114 cm³/mol. The highest BCUT2D eigenvalue weighted by Gasteiger charge is 2.38. The van der Waals surface area contributed by atoms with E-state index in [9.17, 15) is 14.4 Å². The summed E-state index contributed by atoms with van der Waals surface area (Å²) >= 11 is 0. The van der Waals surface area contributed by atoms with Gasteiger partial charge in [-0.25, -0.2) is 4.79 Å². The van der Waals surface area contributed by atoms with Gasteiger partial charge in [0.15, 0.2) is 0 Å². The molecule has 0 unspecified atom stereocenters. The molecule has 0 spiro atoms. The number of carbonyl (C=O) groups excluding carboxylic acids is 3. The molecule has 8 nitrogen and oxygen atoms in total. The van der Waals surface area contributed by atoms with Crippen LogP contribution in [0.3, 0.4) is 0 Å². The predicted octanol–water partition coefficient (Wildman–Crippen LogP) is 1.62. The number of urea groups is 1. The molecular weight excluding hydrogens is 382 g/mol. The maximum atomic E-state index is 12.7. The Morgan fingerprint density at radius 3 is 2.93 bits per heavy atom. The van der Waals surface area contributed by atoms with Crippen molar-refractivity contribution < 1.29 is 14.4 Å². The Bertz CT molecular complexity index is 940. The molecule has 2 saturated heterocycles. The monoisotopic (exact) mass is 411 g/mol. The summed E-state index contributed by atoms with van der Waals surface area (Å²) in [6, 6.07) is 7.09. The number of hydrogen-bond donors (Lipinski definition) is 3. The first kappa shape index (κ1) is 20.4. The van der Waals surface area contributed by atoms with Crippen LogP contribution in [0.1, 0.15) is 31.7 Å². The normalized spacial score (nSPS) is 22.1. The van der Waals surface area contributed by atoms with Gasteiger partial charge >= 0.3 is 6.03 Å². The average molecular weight is 412 g/mol. The van der Waals surface area contributed by atoms with E-state index in [-0.39, 0.29) is 24.8 Å². The summed E-state index contributed by atoms with van der Waals surface area (Å²) in [5, 5.41) is 6.68. The Kier molecular flexibility index (Phi) is 6.03. The number of likely N-dealkylation sites (N-methyl/N-ethyl adjacent to an activating group) is 1. The van der Waals surface area contributed by atoms with Crippen LogP contribution in [0.25, 0.3) is 10.9 Å². The van der Waals surface area contributed by atoms with Crippen LogP contribution >= 0.6 is 0 Å². The third-order valence-corrected chi connectivity index (χ3v) is 6.22. The molecule has 0 bridgehead atoms. The number of aromatic amines is 1. The minimum absolute atomic E-state index is 0.0208. The lowest BCUT2D eigenvalue weighted by Crippen LogP contribution is -2.42. The first-order valence-electron chi connectivity index (χ1n) is 10.7. The highest BCUT2D eigenvalue weighted by atomic mass is 16.2. The van der Waals surface area contributed by atoms with Crippen LogP contribution in [0.5, 0.6) is 0 Å². The van der Waals surface area contributed by atoms with Gasteiger partial charge in [0.1, 0.15) is 6.04 Å². The molecule has 3 heterocycles. The lowest BCUT2D eigenvalue weighted by atomic mass is 10.1. The summed E-state index contributed by atoms with van der Waals surface area (Å²) in [4.78, 5) is 44.1. The van der Waals surface area contributed by atoms with Crippen molar-refractivity contribution in [2.24, 2.45) is 0 Å². The third kappa shape index (κ3) is 4.18. The number of para-hydroxylation sites is 1. The number of imide groups is 1. The van der Waals surface area contributed by atoms with E-state index in [0.29, 0.717) is 19.0 Å². The Labute approximate surface area is 176 Å². The second-order valence-corrected chi connectivity index (χ2v) is 8.03. The van der Waals surface area contributed by atoms with Gasteiger partial charge < -0.3 is 15.6 Å². The average Bonchev–Trinajstić information content (AvgIpc) is 3.44. The molecule has 2 aliphatic rings. The number of rotatable bonds is 8. The Morgan fingerprint density at radius 1 is 1.27 bits per heavy atom. The fraction of sp³-hybridized carbons (Fsp3) is 0.500. The fourth-order valence-electron chi connectivity index (χ4n) is 4.53. The minimum atomic E-state index is -0.786. The van der Waals surface area contributed by atoms with Crippen LogP contribution < -0.4 is 10.6 Å². The number of amides is 4. The number of likely N-dealkylation sites (tertiary alicyclic amines) is 1. The van der Waals surface area contributed by atoms with Crippen molar-refractivity contribution >= 4 is 28.7 Å². The fourth-order valence-corrected chi connectivity index (χ4v) is 4.53. The van der Waals surface area contributed by atoms with Crippen LogP contribution in [0.15, 0.2) is 30.5 Å². The number of aromatic nitrogens is 1. The zero-order valence-electron chi connectivity index (χ0n) is 17.3. The number of nitrogens with zero attached hydrogens (tertiary/aromatic N) is 2. The smallest absolute Gasteiger partial charge is 0.324 e. The second kappa shape index (κ2) is 8.87. The first-order chi connectivity index (χ1) is 14.6. The van der Waals surface area contributed by atoms with Crippen LogP contribution in [0.4, 0.5) is 4.79 Å². The zero-order chi connectivity index (χ0) is 21.1. The molecule has 1 aromatic carbocycles. The minimum Gasteiger partial charge on any atom is -0.361 e. The molecular formula is C22H29N5O3. The molecule has 1 aromatic heterocycles. The summed E-state index contributed by atoms with van der Waals surface area (Å²) in [6.07, 6.45) is 4.69. The van der Waals surface area contributed by atoms with Crippen molar-refractivity contribution in [3.63, 3.8) is 0 Å². The molecule has 0 aliphatic carbocycles. The van der Waals surface area contributed by atoms with Gasteiger partial charge in [-0.2, -0.15) is 0 Å². The maximum absolute atomic E-state index is 12.7. The van der Waals surface area contributed by atoms with Crippen LogP contribution in [-0.2, 0) is 16.0 Å². The van der Waals surface area contributed by atoms with Gasteiger partial charge in [0, 0.05) is 36.2 Å². The van der Waals surface area contributed by atoms with Crippen molar-refractivity contribution in [3.8, 4) is 0 Å². The summed E-state index contributed by atoms with van der Waals surface area (Å²) in [7, 11) is 0. The first-order valence-corrected chi connectivity index (χ1v) is 10.7. The van der Waals surface area contributed by atoms with Crippen LogP contribution in [0.2, 0.25) is 0 Å².